The van der Waals surface area contributed by atoms with Crippen molar-refractivity contribution in [1.82, 2.24) is 9.78 Å². The van der Waals surface area contributed by atoms with Gasteiger partial charge in [0.25, 0.3) is 0 Å². The smallest absolute Gasteiger partial charge is 0.417 e. The molecule has 1 amide bonds. The van der Waals surface area contributed by atoms with Gasteiger partial charge in [0.1, 0.15) is 0 Å². The topological polar surface area (TPSA) is 67.2 Å². The van der Waals surface area contributed by atoms with Crippen molar-refractivity contribution in [3.05, 3.63) is 47.3 Å². The summed E-state index contributed by atoms with van der Waals surface area (Å²) >= 11 is 0. The number of aryl methyl sites for hydroxylation is 2. The van der Waals surface area contributed by atoms with Gasteiger partial charge in [0.2, 0.25) is 0 Å². The van der Waals surface area contributed by atoms with Crippen molar-refractivity contribution in [2.75, 3.05) is 5.32 Å². The van der Waals surface area contributed by atoms with Crippen LogP contribution in [0.1, 0.15) is 23.6 Å². The lowest BCUT2D eigenvalue weighted by Gasteiger charge is -2.33. The minimum Gasteiger partial charge on any atom is -0.465 e. The first kappa shape index (κ1) is 16.9. The summed E-state index contributed by atoms with van der Waals surface area (Å²) in [5, 5.41) is 14.8. The average molecular weight is 327 g/mol. The largest absolute Gasteiger partial charge is 0.465 e. The van der Waals surface area contributed by atoms with Crippen molar-refractivity contribution in [2.45, 2.75) is 32.5 Å². The standard InChI is InChI=1S/C15H16F3N3O2/c1-9-7-11(8-10(2)12(9)20-13(22)23)14(3,15(16,17)18)21-6-4-5-19-21/h4-8,20H,1-3H3,(H,22,23). The van der Waals surface area contributed by atoms with E-state index in [-0.39, 0.29) is 11.3 Å². The number of halogens is 3. The van der Waals surface area contributed by atoms with Gasteiger partial charge < -0.3 is 5.11 Å². The second-order valence-electron chi connectivity index (χ2n) is 5.44. The predicted octanol–water partition coefficient (Wildman–Crippen LogP) is 3.92. The second-order valence-corrected chi connectivity index (χ2v) is 5.44. The Balaban J connectivity index is 2.65. The Morgan fingerprint density at radius 3 is 2.22 bits per heavy atom. The molecule has 0 bridgehead atoms. The predicted molar refractivity (Wildman–Crippen MR) is 78.6 cm³/mol. The number of benzene rings is 1. The number of rotatable bonds is 3. The molecular formula is C15H16F3N3O2. The van der Waals surface area contributed by atoms with E-state index in [1.54, 1.807) is 13.8 Å². The van der Waals surface area contributed by atoms with Crippen LogP contribution in [0, 0.1) is 13.8 Å². The highest BCUT2D eigenvalue weighted by Crippen LogP contribution is 2.43. The molecule has 5 nitrogen and oxygen atoms in total. The van der Waals surface area contributed by atoms with Crippen LogP contribution in [-0.4, -0.2) is 27.2 Å². The molecule has 0 fully saturated rings. The van der Waals surface area contributed by atoms with E-state index >= 15 is 0 Å². The van der Waals surface area contributed by atoms with E-state index in [9.17, 15) is 18.0 Å². The lowest BCUT2D eigenvalue weighted by Crippen LogP contribution is -2.46. The fourth-order valence-electron chi connectivity index (χ4n) is 2.51. The van der Waals surface area contributed by atoms with E-state index in [2.05, 4.69) is 10.4 Å². The van der Waals surface area contributed by atoms with Gasteiger partial charge in [0, 0.05) is 18.1 Å². The van der Waals surface area contributed by atoms with E-state index in [1.807, 2.05) is 0 Å². The summed E-state index contributed by atoms with van der Waals surface area (Å²) in [5.74, 6) is 0. The van der Waals surface area contributed by atoms with E-state index in [1.165, 1.54) is 30.6 Å². The van der Waals surface area contributed by atoms with Crippen molar-refractivity contribution in [1.29, 1.82) is 0 Å². The van der Waals surface area contributed by atoms with Crippen LogP contribution in [0.15, 0.2) is 30.6 Å². The van der Waals surface area contributed by atoms with Gasteiger partial charge in [-0.3, -0.25) is 10.00 Å². The summed E-state index contributed by atoms with van der Waals surface area (Å²) in [6, 6.07) is 4.07. The van der Waals surface area contributed by atoms with Crippen LogP contribution in [-0.2, 0) is 5.54 Å². The zero-order chi connectivity index (χ0) is 17.4. The number of alkyl halides is 3. The highest BCUT2D eigenvalue weighted by atomic mass is 19.4. The van der Waals surface area contributed by atoms with Crippen molar-refractivity contribution < 1.29 is 23.1 Å². The van der Waals surface area contributed by atoms with Gasteiger partial charge in [-0.1, -0.05) is 12.1 Å². The monoisotopic (exact) mass is 327 g/mol. The average Bonchev–Trinajstić information content (AvgIpc) is 2.94. The molecule has 124 valence electrons. The minimum atomic E-state index is -4.58. The summed E-state index contributed by atoms with van der Waals surface area (Å²) in [6.45, 7) is 4.15. The molecule has 1 heterocycles. The Bertz CT molecular complexity index is 703. The maximum absolute atomic E-state index is 13.8. The van der Waals surface area contributed by atoms with Crippen LogP contribution in [0.2, 0.25) is 0 Å². The number of amides is 1. The lowest BCUT2D eigenvalue weighted by molar-refractivity contribution is -0.197. The Labute approximate surface area is 130 Å². The number of carbonyl (C=O) groups is 1. The lowest BCUT2D eigenvalue weighted by atomic mass is 9.88. The molecule has 1 unspecified atom stereocenters. The highest BCUT2D eigenvalue weighted by molar-refractivity contribution is 5.85. The quantitative estimate of drug-likeness (QED) is 0.898. The third kappa shape index (κ3) is 2.88. The molecule has 1 aromatic heterocycles. The van der Waals surface area contributed by atoms with Gasteiger partial charge in [0.05, 0.1) is 0 Å². The SMILES string of the molecule is Cc1cc(C(C)(n2cccn2)C(F)(F)F)cc(C)c1NC(=O)O. The van der Waals surface area contributed by atoms with E-state index in [4.69, 9.17) is 5.11 Å². The first-order chi connectivity index (χ1) is 10.6. The molecule has 0 aliphatic carbocycles. The normalized spacial score (nSPS) is 14.3. The van der Waals surface area contributed by atoms with Gasteiger partial charge in [-0.25, -0.2) is 4.79 Å². The second kappa shape index (κ2) is 5.60. The van der Waals surface area contributed by atoms with Crippen LogP contribution in [0.5, 0.6) is 0 Å². The van der Waals surface area contributed by atoms with Crippen LogP contribution in [0.25, 0.3) is 0 Å². The number of nitrogens with zero attached hydrogens (tertiary/aromatic N) is 2. The molecule has 0 saturated heterocycles. The molecule has 0 aliphatic rings. The highest BCUT2D eigenvalue weighted by Gasteiger charge is 2.54. The van der Waals surface area contributed by atoms with Crippen molar-refractivity contribution in [2.24, 2.45) is 0 Å². The summed E-state index contributed by atoms with van der Waals surface area (Å²) in [7, 11) is 0. The maximum atomic E-state index is 13.8. The molecule has 8 heteroatoms. The maximum Gasteiger partial charge on any atom is 0.417 e. The first-order valence-electron chi connectivity index (χ1n) is 6.76. The summed E-state index contributed by atoms with van der Waals surface area (Å²) in [6.07, 6.45) is -3.32. The molecule has 0 saturated carbocycles. The Morgan fingerprint density at radius 1 is 1.26 bits per heavy atom. The number of aromatic nitrogens is 2. The van der Waals surface area contributed by atoms with Crippen molar-refractivity contribution >= 4 is 11.8 Å². The summed E-state index contributed by atoms with van der Waals surface area (Å²) in [4.78, 5) is 10.8. The third-order valence-electron chi connectivity index (χ3n) is 3.84. The fraction of sp³-hybridized carbons (Fsp3) is 0.333. The zero-order valence-corrected chi connectivity index (χ0v) is 12.8. The molecule has 2 rings (SSSR count). The Hall–Kier alpha value is -2.51. The van der Waals surface area contributed by atoms with Gasteiger partial charge in [0.15, 0.2) is 5.54 Å². The summed E-state index contributed by atoms with van der Waals surface area (Å²) < 4.78 is 42.1. The van der Waals surface area contributed by atoms with Crippen LogP contribution >= 0.6 is 0 Å². The van der Waals surface area contributed by atoms with Gasteiger partial charge in [-0.2, -0.15) is 18.3 Å². The fourth-order valence-corrected chi connectivity index (χ4v) is 2.51. The van der Waals surface area contributed by atoms with Crippen LogP contribution in [0.3, 0.4) is 0 Å². The Kier molecular flexibility index (Phi) is 4.10. The third-order valence-corrected chi connectivity index (χ3v) is 3.84. The molecule has 1 aromatic carbocycles. The summed E-state index contributed by atoms with van der Waals surface area (Å²) in [5.41, 5.74) is -1.27. The molecule has 1 atom stereocenters. The number of anilines is 1. The minimum absolute atomic E-state index is 0.0142. The van der Waals surface area contributed by atoms with E-state index < -0.39 is 17.8 Å². The number of hydrogen-bond acceptors (Lipinski definition) is 2. The van der Waals surface area contributed by atoms with Gasteiger partial charge in [-0.05, 0) is 43.5 Å². The number of nitrogens with one attached hydrogen (secondary N) is 1. The molecule has 0 aliphatic heterocycles. The van der Waals surface area contributed by atoms with E-state index in [0.29, 0.717) is 11.1 Å². The van der Waals surface area contributed by atoms with Gasteiger partial charge >= 0.3 is 12.3 Å². The molecule has 2 N–H and O–H groups in total. The molecule has 2 aromatic rings. The zero-order valence-electron chi connectivity index (χ0n) is 12.8. The van der Waals surface area contributed by atoms with Crippen molar-refractivity contribution in [3.8, 4) is 0 Å². The van der Waals surface area contributed by atoms with Crippen LogP contribution < -0.4 is 5.32 Å². The molecule has 0 radical (unpaired) electrons. The molecule has 0 spiro atoms. The Morgan fingerprint density at radius 2 is 1.83 bits per heavy atom. The molecule has 23 heavy (non-hydrogen) atoms. The van der Waals surface area contributed by atoms with Crippen molar-refractivity contribution in [3.63, 3.8) is 0 Å². The number of hydrogen-bond donors (Lipinski definition) is 2. The van der Waals surface area contributed by atoms with Gasteiger partial charge in [-0.15, -0.1) is 0 Å². The van der Waals surface area contributed by atoms with E-state index in [0.717, 1.165) is 11.6 Å². The molecular weight excluding hydrogens is 311 g/mol. The van der Waals surface area contributed by atoms with Crippen LogP contribution in [0.4, 0.5) is 23.7 Å². The number of carboxylic acid groups (broad SMARTS) is 1. The first-order valence-corrected chi connectivity index (χ1v) is 6.76.